The monoisotopic (exact) mass is 253 g/mol. The summed E-state index contributed by atoms with van der Waals surface area (Å²) in [5, 5.41) is 4.96. The van der Waals surface area contributed by atoms with Crippen molar-refractivity contribution in [2.24, 2.45) is 0 Å². The Kier molecular flexibility index (Phi) is 4.73. The van der Waals surface area contributed by atoms with E-state index in [1.54, 1.807) is 0 Å². The molecule has 1 aliphatic rings. The van der Waals surface area contributed by atoms with E-state index in [0.29, 0.717) is 26.2 Å². The summed E-state index contributed by atoms with van der Waals surface area (Å²) in [6.07, 6.45) is -5.46. The summed E-state index contributed by atoms with van der Waals surface area (Å²) in [5.41, 5.74) is 0. The predicted octanol–water partition coefficient (Wildman–Crippen LogP) is -0.513. The van der Waals surface area contributed by atoms with E-state index in [-0.39, 0.29) is 0 Å². The molecule has 0 aromatic heterocycles. The molecule has 1 aliphatic heterocycles. The van der Waals surface area contributed by atoms with Crippen molar-refractivity contribution in [2.45, 2.75) is 12.6 Å². The molecular formula is C9H14F3N3O2. The maximum absolute atomic E-state index is 11.8. The average molecular weight is 253 g/mol. The second kappa shape index (κ2) is 5.85. The van der Waals surface area contributed by atoms with Gasteiger partial charge in [-0.3, -0.25) is 9.59 Å². The van der Waals surface area contributed by atoms with Gasteiger partial charge < -0.3 is 15.5 Å². The molecule has 2 amide bonds. The summed E-state index contributed by atoms with van der Waals surface area (Å²) in [6, 6.07) is 0. The number of alkyl halides is 3. The Morgan fingerprint density at radius 3 is 2.35 bits per heavy atom. The lowest BCUT2D eigenvalue weighted by Crippen LogP contribution is -2.51. The molecule has 1 saturated heterocycles. The van der Waals surface area contributed by atoms with Crippen molar-refractivity contribution >= 4 is 11.8 Å². The summed E-state index contributed by atoms with van der Waals surface area (Å²) in [5.74, 6) is -1.75. The Hall–Kier alpha value is -1.31. The molecule has 1 rings (SSSR count). The first-order chi connectivity index (χ1) is 7.90. The van der Waals surface area contributed by atoms with E-state index in [1.807, 2.05) is 5.32 Å². The fraction of sp³-hybridized carbons (Fsp3) is 0.778. The van der Waals surface area contributed by atoms with Crippen LogP contribution < -0.4 is 10.6 Å². The minimum atomic E-state index is -4.33. The third-order valence-electron chi connectivity index (χ3n) is 2.29. The van der Waals surface area contributed by atoms with Crippen LogP contribution in [0.4, 0.5) is 13.2 Å². The Bertz CT molecular complexity index is 288. The second-order valence-corrected chi connectivity index (χ2v) is 3.66. The minimum absolute atomic E-state index is 0.394. The van der Waals surface area contributed by atoms with E-state index in [1.165, 1.54) is 4.90 Å². The van der Waals surface area contributed by atoms with Crippen molar-refractivity contribution in [2.75, 3.05) is 32.7 Å². The maximum Gasteiger partial charge on any atom is 0.390 e. The highest BCUT2D eigenvalue weighted by atomic mass is 19.4. The van der Waals surface area contributed by atoms with Crippen LogP contribution in [0.3, 0.4) is 0 Å². The van der Waals surface area contributed by atoms with E-state index in [9.17, 15) is 22.8 Å². The molecule has 0 saturated carbocycles. The van der Waals surface area contributed by atoms with Crippen molar-refractivity contribution in [1.29, 1.82) is 0 Å². The Balaban J connectivity index is 2.29. The Morgan fingerprint density at radius 2 is 1.82 bits per heavy atom. The van der Waals surface area contributed by atoms with Crippen molar-refractivity contribution < 1.29 is 22.8 Å². The SMILES string of the molecule is O=C(NCCC(F)(F)F)C(=O)N1CCNCC1. The highest BCUT2D eigenvalue weighted by Crippen LogP contribution is 2.18. The number of amides is 2. The zero-order valence-corrected chi connectivity index (χ0v) is 9.14. The average Bonchev–Trinajstić information content (AvgIpc) is 2.27. The number of rotatable bonds is 2. The summed E-state index contributed by atoms with van der Waals surface area (Å²) in [6.45, 7) is 1.39. The molecule has 5 nitrogen and oxygen atoms in total. The fourth-order valence-electron chi connectivity index (χ4n) is 1.40. The Labute approximate surface area is 96.3 Å². The summed E-state index contributed by atoms with van der Waals surface area (Å²) >= 11 is 0. The van der Waals surface area contributed by atoms with Crippen LogP contribution in [-0.2, 0) is 9.59 Å². The van der Waals surface area contributed by atoms with Crippen LogP contribution in [0.25, 0.3) is 0 Å². The minimum Gasteiger partial charge on any atom is -0.347 e. The van der Waals surface area contributed by atoms with E-state index in [2.05, 4.69) is 5.32 Å². The normalized spacial score (nSPS) is 16.8. The zero-order chi connectivity index (χ0) is 12.9. The lowest BCUT2D eigenvalue weighted by Gasteiger charge is -2.26. The van der Waals surface area contributed by atoms with Crippen LogP contribution in [0.1, 0.15) is 6.42 Å². The van der Waals surface area contributed by atoms with Crippen molar-refractivity contribution in [1.82, 2.24) is 15.5 Å². The number of nitrogens with one attached hydrogen (secondary N) is 2. The van der Waals surface area contributed by atoms with Gasteiger partial charge in [0.1, 0.15) is 0 Å². The molecule has 0 aromatic carbocycles. The number of carbonyl (C=O) groups is 2. The van der Waals surface area contributed by atoms with E-state index >= 15 is 0 Å². The van der Waals surface area contributed by atoms with Crippen LogP contribution in [0.5, 0.6) is 0 Å². The first-order valence-electron chi connectivity index (χ1n) is 5.25. The third-order valence-corrected chi connectivity index (χ3v) is 2.29. The maximum atomic E-state index is 11.8. The molecule has 0 aromatic rings. The van der Waals surface area contributed by atoms with Crippen LogP contribution in [0.2, 0.25) is 0 Å². The standard InChI is InChI=1S/C9H14F3N3O2/c10-9(11,12)1-2-14-7(16)8(17)15-5-3-13-4-6-15/h13H,1-6H2,(H,14,16). The molecule has 98 valence electrons. The number of hydrogen-bond donors (Lipinski definition) is 2. The molecule has 0 bridgehead atoms. The summed E-state index contributed by atoms with van der Waals surface area (Å²) in [4.78, 5) is 24.0. The first-order valence-corrected chi connectivity index (χ1v) is 5.25. The topological polar surface area (TPSA) is 61.4 Å². The molecule has 0 aliphatic carbocycles. The molecule has 0 spiro atoms. The molecule has 0 radical (unpaired) electrons. The third kappa shape index (κ3) is 5.03. The zero-order valence-electron chi connectivity index (χ0n) is 9.14. The summed E-state index contributed by atoms with van der Waals surface area (Å²) < 4.78 is 35.4. The van der Waals surface area contributed by atoms with Gasteiger partial charge in [-0.1, -0.05) is 0 Å². The number of carbonyl (C=O) groups excluding carboxylic acids is 2. The molecule has 1 heterocycles. The molecule has 1 fully saturated rings. The number of hydrogen-bond acceptors (Lipinski definition) is 3. The Morgan fingerprint density at radius 1 is 1.24 bits per heavy atom. The van der Waals surface area contributed by atoms with Gasteiger partial charge in [-0.05, 0) is 0 Å². The number of piperazine rings is 1. The van der Waals surface area contributed by atoms with Crippen molar-refractivity contribution in [3.8, 4) is 0 Å². The van der Waals surface area contributed by atoms with E-state index in [4.69, 9.17) is 0 Å². The van der Waals surface area contributed by atoms with E-state index < -0.39 is 31.0 Å². The van der Waals surface area contributed by atoms with Crippen molar-refractivity contribution in [3.05, 3.63) is 0 Å². The molecule has 0 atom stereocenters. The molecule has 0 unspecified atom stereocenters. The lowest BCUT2D eigenvalue weighted by molar-refractivity contribution is -0.148. The van der Waals surface area contributed by atoms with Gasteiger partial charge in [-0.15, -0.1) is 0 Å². The second-order valence-electron chi connectivity index (χ2n) is 3.66. The predicted molar refractivity (Wildman–Crippen MR) is 53.1 cm³/mol. The highest BCUT2D eigenvalue weighted by Gasteiger charge is 2.28. The highest BCUT2D eigenvalue weighted by molar-refractivity contribution is 6.35. The summed E-state index contributed by atoms with van der Waals surface area (Å²) in [7, 11) is 0. The van der Waals surface area contributed by atoms with Crippen LogP contribution in [-0.4, -0.2) is 55.6 Å². The van der Waals surface area contributed by atoms with Gasteiger partial charge in [0, 0.05) is 32.7 Å². The number of nitrogens with zero attached hydrogens (tertiary/aromatic N) is 1. The molecular weight excluding hydrogens is 239 g/mol. The van der Waals surface area contributed by atoms with Crippen molar-refractivity contribution in [3.63, 3.8) is 0 Å². The van der Waals surface area contributed by atoms with Gasteiger partial charge in [0.25, 0.3) is 0 Å². The van der Waals surface area contributed by atoms with Gasteiger partial charge >= 0.3 is 18.0 Å². The lowest BCUT2D eigenvalue weighted by atomic mass is 10.3. The van der Waals surface area contributed by atoms with Gasteiger partial charge in [0.2, 0.25) is 0 Å². The van der Waals surface area contributed by atoms with Gasteiger partial charge in [-0.25, -0.2) is 0 Å². The number of halogens is 3. The quantitative estimate of drug-likeness (QED) is 0.651. The first kappa shape index (κ1) is 13.8. The molecule has 17 heavy (non-hydrogen) atoms. The van der Waals surface area contributed by atoms with Gasteiger partial charge in [-0.2, -0.15) is 13.2 Å². The largest absolute Gasteiger partial charge is 0.390 e. The fourth-order valence-corrected chi connectivity index (χ4v) is 1.40. The molecule has 2 N–H and O–H groups in total. The van der Waals surface area contributed by atoms with E-state index in [0.717, 1.165) is 0 Å². The smallest absolute Gasteiger partial charge is 0.347 e. The van der Waals surface area contributed by atoms with Gasteiger partial charge in [0.15, 0.2) is 0 Å². The molecule has 8 heteroatoms. The van der Waals surface area contributed by atoms with Crippen LogP contribution >= 0.6 is 0 Å². The van der Waals surface area contributed by atoms with Crippen LogP contribution in [0, 0.1) is 0 Å². The van der Waals surface area contributed by atoms with Gasteiger partial charge in [0.05, 0.1) is 6.42 Å². The van der Waals surface area contributed by atoms with Crippen LogP contribution in [0.15, 0.2) is 0 Å².